The highest BCUT2D eigenvalue weighted by Crippen LogP contribution is 2.28. The van der Waals surface area contributed by atoms with Gasteiger partial charge in [0.25, 0.3) is 0 Å². The highest BCUT2D eigenvalue weighted by atomic mass is 19.4. The van der Waals surface area contributed by atoms with Crippen molar-refractivity contribution in [3.8, 4) is 0 Å². The van der Waals surface area contributed by atoms with Gasteiger partial charge in [-0.3, -0.25) is 0 Å². The molecule has 0 heterocycles. The summed E-state index contributed by atoms with van der Waals surface area (Å²) in [4.78, 5) is -2.15. The van der Waals surface area contributed by atoms with Crippen molar-refractivity contribution in [1.82, 2.24) is 4.90 Å². The Morgan fingerprint density at radius 3 is 1.09 bits per heavy atom. The molecule has 0 spiro atoms. The van der Waals surface area contributed by atoms with Gasteiger partial charge in [-0.1, -0.05) is 4.90 Å². The molecule has 0 aromatic carbocycles. The highest BCUT2D eigenvalue weighted by Gasteiger charge is 2.48. The standard InChI is InChI=1S/C3H2F7N/c4-1(5)11(2(6)7)3(8,9)10/h1-2H. The van der Waals surface area contributed by atoms with E-state index in [4.69, 9.17) is 0 Å². The van der Waals surface area contributed by atoms with Crippen LogP contribution in [-0.4, -0.2) is 24.3 Å². The second-order valence-electron chi connectivity index (χ2n) is 1.43. The molecule has 0 amide bonds. The van der Waals surface area contributed by atoms with Gasteiger partial charge >= 0.3 is 19.4 Å². The molecule has 0 aliphatic heterocycles. The molecule has 0 atom stereocenters. The van der Waals surface area contributed by atoms with Crippen molar-refractivity contribution < 1.29 is 30.7 Å². The van der Waals surface area contributed by atoms with Crippen molar-refractivity contribution in [3.63, 3.8) is 0 Å². The Bertz CT molecular complexity index is 109. The largest absolute Gasteiger partial charge is 0.469 e. The van der Waals surface area contributed by atoms with Crippen LogP contribution in [0.15, 0.2) is 0 Å². The molecule has 0 aromatic heterocycles. The lowest BCUT2D eigenvalue weighted by Gasteiger charge is -2.21. The van der Waals surface area contributed by atoms with Crippen LogP contribution in [0.1, 0.15) is 0 Å². The van der Waals surface area contributed by atoms with Crippen LogP contribution < -0.4 is 0 Å². The van der Waals surface area contributed by atoms with E-state index in [9.17, 15) is 30.7 Å². The molecule has 0 aliphatic carbocycles. The topological polar surface area (TPSA) is 3.24 Å². The van der Waals surface area contributed by atoms with E-state index in [0.717, 1.165) is 0 Å². The minimum Gasteiger partial charge on any atom is -0.191 e. The third-order valence-corrected chi connectivity index (χ3v) is 0.713. The van der Waals surface area contributed by atoms with E-state index in [1.807, 2.05) is 0 Å². The second-order valence-corrected chi connectivity index (χ2v) is 1.43. The van der Waals surface area contributed by atoms with Crippen molar-refractivity contribution in [2.75, 3.05) is 0 Å². The summed E-state index contributed by atoms with van der Waals surface area (Å²) in [6.45, 7) is -8.48. The molecule has 0 fully saturated rings. The fourth-order valence-electron chi connectivity index (χ4n) is 0.306. The van der Waals surface area contributed by atoms with Gasteiger partial charge in [0.05, 0.1) is 0 Å². The van der Waals surface area contributed by atoms with Crippen molar-refractivity contribution in [3.05, 3.63) is 0 Å². The van der Waals surface area contributed by atoms with E-state index in [1.54, 1.807) is 0 Å². The molecule has 8 heteroatoms. The smallest absolute Gasteiger partial charge is 0.191 e. The summed E-state index contributed by atoms with van der Waals surface area (Å²) in [5.74, 6) is 0. The molecule has 0 unspecified atom stereocenters. The number of nitrogens with zero attached hydrogens (tertiary/aromatic N) is 1. The molecular weight excluding hydrogens is 183 g/mol. The van der Waals surface area contributed by atoms with Gasteiger partial charge in [-0.15, -0.1) is 0 Å². The van der Waals surface area contributed by atoms with Gasteiger partial charge in [0, 0.05) is 0 Å². The Morgan fingerprint density at radius 1 is 0.818 bits per heavy atom. The lowest BCUT2D eigenvalue weighted by Crippen LogP contribution is -2.45. The van der Waals surface area contributed by atoms with Crippen LogP contribution in [0.2, 0.25) is 0 Å². The van der Waals surface area contributed by atoms with Crippen LogP contribution in [0.3, 0.4) is 0 Å². The average Bonchev–Trinajstić information content (AvgIpc) is 1.54. The normalized spacial score (nSPS) is 13.6. The van der Waals surface area contributed by atoms with E-state index in [-0.39, 0.29) is 0 Å². The number of rotatable bonds is 2. The lowest BCUT2D eigenvalue weighted by molar-refractivity contribution is -0.339. The molecule has 0 saturated heterocycles. The molecule has 11 heavy (non-hydrogen) atoms. The van der Waals surface area contributed by atoms with Crippen LogP contribution in [0.5, 0.6) is 0 Å². The minimum atomic E-state index is -5.71. The molecule has 0 saturated carbocycles. The molecule has 0 radical (unpaired) electrons. The van der Waals surface area contributed by atoms with Crippen molar-refractivity contribution in [2.45, 2.75) is 19.4 Å². The first kappa shape index (κ1) is 10.5. The molecular formula is C3H2F7N. The Balaban J connectivity index is 4.35. The Hall–Kier alpha value is -0.530. The van der Waals surface area contributed by atoms with Crippen molar-refractivity contribution >= 4 is 0 Å². The van der Waals surface area contributed by atoms with Gasteiger partial charge in [-0.25, -0.2) is 0 Å². The molecule has 1 nitrogen and oxygen atoms in total. The SMILES string of the molecule is FC(F)N(C(F)F)C(F)(F)F. The maximum absolute atomic E-state index is 11.2. The number of hydrogen-bond donors (Lipinski definition) is 0. The van der Waals surface area contributed by atoms with Crippen LogP contribution in [0, 0.1) is 0 Å². The van der Waals surface area contributed by atoms with Gasteiger partial charge in [-0.05, 0) is 0 Å². The molecule has 0 N–H and O–H groups in total. The Labute approximate surface area is 56.4 Å². The van der Waals surface area contributed by atoms with Crippen LogP contribution in [-0.2, 0) is 0 Å². The number of halogens is 7. The fraction of sp³-hybridized carbons (Fsp3) is 1.00. The maximum atomic E-state index is 11.2. The molecule has 0 rings (SSSR count). The lowest BCUT2D eigenvalue weighted by atomic mass is 10.8. The Morgan fingerprint density at radius 2 is 1.09 bits per heavy atom. The summed E-state index contributed by atoms with van der Waals surface area (Å²) in [6, 6.07) is 0. The van der Waals surface area contributed by atoms with Gasteiger partial charge in [0.15, 0.2) is 0 Å². The maximum Gasteiger partial charge on any atom is 0.469 e. The van der Waals surface area contributed by atoms with E-state index in [2.05, 4.69) is 0 Å². The zero-order chi connectivity index (χ0) is 9.23. The van der Waals surface area contributed by atoms with Gasteiger partial charge in [0.1, 0.15) is 0 Å². The van der Waals surface area contributed by atoms with Crippen LogP contribution >= 0.6 is 0 Å². The van der Waals surface area contributed by atoms with Gasteiger partial charge in [0.2, 0.25) is 0 Å². The van der Waals surface area contributed by atoms with Gasteiger partial charge < -0.3 is 0 Å². The summed E-state index contributed by atoms with van der Waals surface area (Å²) in [6.07, 6.45) is -5.71. The van der Waals surface area contributed by atoms with Crippen LogP contribution in [0.25, 0.3) is 0 Å². The van der Waals surface area contributed by atoms with Crippen LogP contribution in [0.4, 0.5) is 30.7 Å². The first-order valence-corrected chi connectivity index (χ1v) is 2.18. The predicted octanol–water partition coefficient (Wildman–Crippen LogP) is 2.25. The Kier molecular flexibility index (Phi) is 3.09. The minimum absolute atomic E-state index is 2.15. The summed E-state index contributed by atoms with van der Waals surface area (Å²) >= 11 is 0. The van der Waals surface area contributed by atoms with E-state index >= 15 is 0 Å². The van der Waals surface area contributed by atoms with Crippen molar-refractivity contribution in [1.29, 1.82) is 0 Å². The molecule has 0 aliphatic rings. The van der Waals surface area contributed by atoms with Crippen molar-refractivity contribution in [2.24, 2.45) is 0 Å². The number of hydrogen-bond acceptors (Lipinski definition) is 1. The summed E-state index contributed by atoms with van der Waals surface area (Å²) in [5, 5.41) is 0. The highest BCUT2D eigenvalue weighted by molar-refractivity contribution is 4.54. The molecule has 0 aromatic rings. The zero-order valence-electron chi connectivity index (χ0n) is 4.75. The predicted molar refractivity (Wildman–Crippen MR) is 19.9 cm³/mol. The first-order chi connectivity index (χ1) is 4.76. The van der Waals surface area contributed by atoms with Gasteiger partial charge in [-0.2, -0.15) is 30.7 Å². The third-order valence-electron chi connectivity index (χ3n) is 0.713. The fourth-order valence-corrected chi connectivity index (χ4v) is 0.306. The summed E-state index contributed by atoms with van der Waals surface area (Å²) in [7, 11) is 0. The van der Waals surface area contributed by atoms with E-state index in [1.165, 1.54) is 0 Å². The van der Waals surface area contributed by atoms with E-state index < -0.39 is 24.3 Å². The number of alkyl halides is 7. The quantitative estimate of drug-likeness (QED) is 0.471. The van der Waals surface area contributed by atoms with E-state index in [0.29, 0.717) is 0 Å². The average molecular weight is 185 g/mol. The molecule has 68 valence electrons. The monoisotopic (exact) mass is 185 g/mol. The zero-order valence-corrected chi connectivity index (χ0v) is 4.75. The summed E-state index contributed by atoms with van der Waals surface area (Å²) in [5.41, 5.74) is 0. The molecule has 0 bridgehead atoms. The third kappa shape index (κ3) is 2.91. The first-order valence-electron chi connectivity index (χ1n) is 2.18. The summed E-state index contributed by atoms with van der Waals surface area (Å²) < 4.78 is 78.2. The second kappa shape index (κ2) is 3.24.